The quantitative estimate of drug-likeness (QED) is 0.741. The van der Waals surface area contributed by atoms with E-state index in [-0.39, 0.29) is 6.04 Å². The van der Waals surface area contributed by atoms with E-state index >= 15 is 0 Å². The van der Waals surface area contributed by atoms with Gasteiger partial charge in [0.15, 0.2) is 0 Å². The van der Waals surface area contributed by atoms with E-state index in [4.69, 9.17) is 11.5 Å². The molecule has 1 fully saturated rings. The zero-order valence-electron chi connectivity index (χ0n) is 7.91. The molecule has 0 amide bonds. The molecule has 0 radical (unpaired) electrons. The predicted octanol–water partition coefficient (Wildman–Crippen LogP) is 1.04. The normalized spacial score (nSPS) is 31.1. The molecule has 76 valence electrons. The number of nitrogens with two attached hydrogens (primary N) is 2. The lowest BCUT2D eigenvalue weighted by Gasteiger charge is -2.39. The van der Waals surface area contributed by atoms with Crippen LogP contribution in [0.5, 0.6) is 0 Å². The molecular weight excluding hydrogens is 181 g/mol. The third kappa shape index (κ3) is 1.70. The van der Waals surface area contributed by atoms with E-state index in [2.05, 4.69) is 4.98 Å². The van der Waals surface area contributed by atoms with Crippen molar-refractivity contribution in [1.82, 2.24) is 4.98 Å². The molecule has 4 heteroatoms. The number of aromatic nitrogens is 1. The molecule has 0 spiro atoms. The summed E-state index contributed by atoms with van der Waals surface area (Å²) < 4.78 is 13.9. The van der Waals surface area contributed by atoms with Gasteiger partial charge in [-0.05, 0) is 24.5 Å². The minimum atomic E-state index is -1.16. The fourth-order valence-corrected chi connectivity index (χ4v) is 1.97. The van der Waals surface area contributed by atoms with Crippen molar-refractivity contribution in [2.75, 3.05) is 5.73 Å². The van der Waals surface area contributed by atoms with Crippen LogP contribution >= 0.6 is 0 Å². The van der Waals surface area contributed by atoms with Crippen LogP contribution in [0.3, 0.4) is 0 Å². The standard InChI is InChI=1S/C10H14FN3/c11-10(5-8(12)6-10)4-7-2-1-3-14-9(7)13/h1-3,8H,4-6,12H2,(H2,13,14). The topological polar surface area (TPSA) is 64.9 Å². The van der Waals surface area contributed by atoms with Crippen molar-refractivity contribution in [3.05, 3.63) is 23.9 Å². The number of pyridine rings is 1. The highest BCUT2D eigenvalue weighted by atomic mass is 19.1. The maximum Gasteiger partial charge on any atom is 0.126 e. The van der Waals surface area contributed by atoms with Crippen LogP contribution in [-0.4, -0.2) is 16.7 Å². The minimum Gasteiger partial charge on any atom is -0.383 e. The van der Waals surface area contributed by atoms with E-state index < -0.39 is 5.67 Å². The third-order valence-corrected chi connectivity index (χ3v) is 2.69. The van der Waals surface area contributed by atoms with Gasteiger partial charge in [-0.1, -0.05) is 6.07 Å². The lowest BCUT2D eigenvalue weighted by Crippen LogP contribution is -2.49. The first-order chi connectivity index (χ1) is 6.59. The van der Waals surface area contributed by atoms with Crippen LogP contribution in [0.2, 0.25) is 0 Å². The Balaban J connectivity index is 2.08. The smallest absolute Gasteiger partial charge is 0.126 e. The molecule has 1 aromatic rings. The molecule has 0 atom stereocenters. The van der Waals surface area contributed by atoms with Crippen molar-refractivity contribution in [2.24, 2.45) is 5.73 Å². The highest BCUT2D eigenvalue weighted by Gasteiger charge is 2.43. The average Bonchev–Trinajstić information content (AvgIpc) is 2.06. The summed E-state index contributed by atoms with van der Waals surface area (Å²) in [6.07, 6.45) is 2.80. The fraction of sp³-hybridized carbons (Fsp3) is 0.500. The van der Waals surface area contributed by atoms with Gasteiger partial charge in [-0.25, -0.2) is 9.37 Å². The maximum absolute atomic E-state index is 13.9. The Morgan fingerprint density at radius 2 is 2.29 bits per heavy atom. The van der Waals surface area contributed by atoms with Gasteiger partial charge in [-0.2, -0.15) is 0 Å². The molecule has 1 aromatic heterocycles. The Hall–Kier alpha value is -1.16. The lowest BCUT2D eigenvalue weighted by molar-refractivity contribution is 0.0445. The number of nitrogens with zero attached hydrogens (tertiary/aromatic N) is 1. The van der Waals surface area contributed by atoms with Gasteiger partial charge in [0.05, 0.1) is 0 Å². The maximum atomic E-state index is 13.9. The van der Waals surface area contributed by atoms with E-state index in [1.807, 2.05) is 6.07 Å². The van der Waals surface area contributed by atoms with Crippen LogP contribution in [0, 0.1) is 0 Å². The van der Waals surface area contributed by atoms with Crippen LogP contribution in [-0.2, 0) is 6.42 Å². The fourth-order valence-electron chi connectivity index (χ4n) is 1.97. The number of halogens is 1. The second-order valence-electron chi connectivity index (χ2n) is 4.04. The number of alkyl halides is 1. The predicted molar refractivity (Wildman–Crippen MR) is 53.4 cm³/mol. The molecule has 1 heterocycles. The molecule has 0 aromatic carbocycles. The van der Waals surface area contributed by atoms with Crippen molar-refractivity contribution < 1.29 is 4.39 Å². The van der Waals surface area contributed by atoms with E-state index in [9.17, 15) is 4.39 Å². The molecule has 0 bridgehead atoms. The van der Waals surface area contributed by atoms with Gasteiger partial charge in [0, 0.05) is 18.7 Å². The van der Waals surface area contributed by atoms with Crippen LogP contribution in [0.4, 0.5) is 10.2 Å². The second kappa shape index (κ2) is 3.20. The second-order valence-corrected chi connectivity index (χ2v) is 4.04. The summed E-state index contributed by atoms with van der Waals surface area (Å²) in [4.78, 5) is 3.92. The largest absolute Gasteiger partial charge is 0.383 e. The Bertz CT molecular complexity index is 334. The van der Waals surface area contributed by atoms with Gasteiger partial charge in [0.2, 0.25) is 0 Å². The molecule has 2 rings (SSSR count). The van der Waals surface area contributed by atoms with Gasteiger partial charge in [0.25, 0.3) is 0 Å². The average molecular weight is 195 g/mol. The molecular formula is C10H14FN3. The van der Waals surface area contributed by atoms with Crippen molar-refractivity contribution in [3.63, 3.8) is 0 Å². The van der Waals surface area contributed by atoms with E-state index in [0.717, 1.165) is 5.56 Å². The van der Waals surface area contributed by atoms with Crippen LogP contribution in [0.25, 0.3) is 0 Å². The molecule has 1 aliphatic carbocycles. The highest BCUT2D eigenvalue weighted by Crippen LogP contribution is 2.38. The van der Waals surface area contributed by atoms with Gasteiger partial charge in [0.1, 0.15) is 11.5 Å². The molecule has 3 nitrogen and oxygen atoms in total. The Labute approximate surface area is 82.3 Å². The Morgan fingerprint density at radius 1 is 1.57 bits per heavy atom. The summed E-state index contributed by atoms with van der Waals surface area (Å²) in [5.74, 6) is 0.421. The summed E-state index contributed by atoms with van der Waals surface area (Å²) in [6, 6.07) is 3.60. The molecule has 0 aliphatic heterocycles. The first-order valence-electron chi connectivity index (χ1n) is 4.73. The molecule has 1 saturated carbocycles. The monoisotopic (exact) mass is 195 g/mol. The van der Waals surface area contributed by atoms with Gasteiger partial charge in [-0.15, -0.1) is 0 Å². The summed E-state index contributed by atoms with van der Waals surface area (Å²) in [5.41, 5.74) is 10.8. The first kappa shape index (κ1) is 9.40. The van der Waals surface area contributed by atoms with Gasteiger partial charge in [-0.3, -0.25) is 0 Å². The van der Waals surface area contributed by atoms with Gasteiger partial charge < -0.3 is 11.5 Å². The van der Waals surface area contributed by atoms with Crippen molar-refractivity contribution in [3.8, 4) is 0 Å². The van der Waals surface area contributed by atoms with Crippen LogP contribution in [0.1, 0.15) is 18.4 Å². The Morgan fingerprint density at radius 3 is 2.86 bits per heavy atom. The highest BCUT2D eigenvalue weighted by molar-refractivity contribution is 5.39. The van der Waals surface area contributed by atoms with Crippen molar-refractivity contribution in [1.29, 1.82) is 0 Å². The number of nitrogen functional groups attached to an aromatic ring is 1. The molecule has 0 saturated heterocycles. The van der Waals surface area contributed by atoms with Crippen molar-refractivity contribution >= 4 is 5.82 Å². The first-order valence-corrected chi connectivity index (χ1v) is 4.73. The summed E-state index contributed by atoms with van der Waals surface area (Å²) in [5, 5.41) is 0. The lowest BCUT2D eigenvalue weighted by atomic mass is 9.74. The minimum absolute atomic E-state index is 0.0119. The van der Waals surface area contributed by atoms with Crippen LogP contribution in [0.15, 0.2) is 18.3 Å². The van der Waals surface area contributed by atoms with E-state index in [1.165, 1.54) is 0 Å². The zero-order chi connectivity index (χ0) is 10.2. The number of rotatable bonds is 2. The number of hydrogen-bond donors (Lipinski definition) is 2. The molecule has 1 aliphatic rings. The van der Waals surface area contributed by atoms with E-state index in [1.54, 1.807) is 12.3 Å². The number of anilines is 1. The Kier molecular flexibility index (Phi) is 2.15. The summed E-state index contributed by atoms with van der Waals surface area (Å²) in [7, 11) is 0. The van der Waals surface area contributed by atoms with Crippen LogP contribution < -0.4 is 11.5 Å². The zero-order valence-corrected chi connectivity index (χ0v) is 7.91. The third-order valence-electron chi connectivity index (χ3n) is 2.69. The van der Waals surface area contributed by atoms with Gasteiger partial charge >= 0.3 is 0 Å². The SMILES string of the molecule is Nc1ncccc1CC1(F)CC(N)C1. The number of hydrogen-bond acceptors (Lipinski definition) is 3. The van der Waals surface area contributed by atoms with Crippen molar-refractivity contribution in [2.45, 2.75) is 31.0 Å². The summed E-state index contributed by atoms with van der Waals surface area (Å²) in [6.45, 7) is 0. The molecule has 4 N–H and O–H groups in total. The summed E-state index contributed by atoms with van der Waals surface area (Å²) >= 11 is 0. The molecule has 0 unspecified atom stereocenters. The molecule has 14 heavy (non-hydrogen) atoms. The van der Waals surface area contributed by atoms with E-state index in [0.29, 0.717) is 25.1 Å².